The van der Waals surface area contributed by atoms with E-state index in [0.29, 0.717) is 6.42 Å². The van der Waals surface area contributed by atoms with Gasteiger partial charge in [0.15, 0.2) is 0 Å². The number of nitrogens with two attached hydrogens (primary N) is 1. The molecule has 0 saturated carbocycles. The molecule has 0 aliphatic rings. The van der Waals surface area contributed by atoms with Gasteiger partial charge in [-0.2, -0.15) is 0 Å². The summed E-state index contributed by atoms with van der Waals surface area (Å²) in [5.41, 5.74) is 5.33. The summed E-state index contributed by atoms with van der Waals surface area (Å²) in [5, 5.41) is 11.2. The SMILES string of the molecule is COC(C)CN(C)CCC(N)=NO. The van der Waals surface area contributed by atoms with Crippen LogP contribution in [0.15, 0.2) is 5.16 Å². The highest BCUT2D eigenvalue weighted by Gasteiger charge is 2.05. The molecule has 0 aliphatic carbocycles. The van der Waals surface area contributed by atoms with Crippen LogP contribution in [-0.2, 0) is 4.74 Å². The van der Waals surface area contributed by atoms with Crippen molar-refractivity contribution in [1.29, 1.82) is 0 Å². The normalized spacial score (nSPS) is 14.9. The van der Waals surface area contributed by atoms with Crippen LogP contribution in [0.4, 0.5) is 0 Å². The van der Waals surface area contributed by atoms with E-state index in [2.05, 4.69) is 10.1 Å². The van der Waals surface area contributed by atoms with Gasteiger partial charge in [0.1, 0.15) is 5.84 Å². The van der Waals surface area contributed by atoms with Gasteiger partial charge in [-0.1, -0.05) is 5.16 Å². The lowest BCUT2D eigenvalue weighted by Crippen LogP contribution is -2.31. The third kappa shape index (κ3) is 6.36. The molecule has 78 valence electrons. The van der Waals surface area contributed by atoms with E-state index in [9.17, 15) is 0 Å². The summed E-state index contributed by atoms with van der Waals surface area (Å²) in [6.45, 7) is 3.61. The molecule has 0 radical (unpaired) electrons. The van der Waals surface area contributed by atoms with E-state index in [1.54, 1.807) is 7.11 Å². The van der Waals surface area contributed by atoms with E-state index >= 15 is 0 Å². The molecule has 0 aliphatic heterocycles. The molecule has 5 nitrogen and oxygen atoms in total. The molecule has 1 atom stereocenters. The van der Waals surface area contributed by atoms with Gasteiger partial charge in [0, 0.05) is 26.6 Å². The number of methoxy groups -OCH3 is 1. The number of oxime groups is 1. The Hall–Kier alpha value is -0.810. The molecule has 0 amide bonds. The molecular weight excluding hydrogens is 170 g/mol. The number of hydrogen-bond acceptors (Lipinski definition) is 4. The quantitative estimate of drug-likeness (QED) is 0.269. The van der Waals surface area contributed by atoms with E-state index in [0.717, 1.165) is 13.1 Å². The minimum Gasteiger partial charge on any atom is -0.409 e. The Morgan fingerprint density at radius 2 is 2.31 bits per heavy atom. The van der Waals surface area contributed by atoms with Crippen molar-refractivity contribution in [2.75, 3.05) is 27.2 Å². The minimum absolute atomic E-state index is 0.206. The molecule has 0 heterocycles. The highest BCUT2D eigenvalue weighted by atomic mass is 16.5. The smallest absolute Gasteiger partial charge is 0.140 e. The molecule has 1 unspecified atom stereocenters. The lowest BCUT2D eigenvalue weighted by atomic mass is 10.3. The number of likely N-dealkylation sites (N-methyl/N-ethyl adjacent to an activating group) is 1. The highest BCUT2D eigenvalue weighted by Crippen LogP contribution is 1.93. The maximum atomic E-state index is 8.30. The van der Waals surface area contributed by atoms with Crippen LogP contribution in [0.25, 0.3) is 0 Å². The lowest BCUT2D eigenvalue weighted by molar-refractivity contribution is 0.0865. The Balaban J connectivity index is 3.57. The molecule has 0 aromatic heterocycles. The Kier molecular flexibility index (Phi) is 6.26. The summed E-state index contributed by atoms with van der Waals surface area (Å²) >= 11 is 0. The second kappa shape index (κ2) is 6.68. The fraction of sp³-hybridized carbons (Fsp3) is 0.875. The van der Waals surface area contributed by atoms with Gasteiger partial charge in [-0.3, -0.25) is 0 Å². The zero-order valence-corrected chi connectivity index (χ0v) is 8.53. The van der Waals surface area contributed by atoms with Gasteiger partial charge in [0.05, 0.1) is 6.10 Å². The molecule has 0 rings (SSSR count). The van der Waals surface area contributed by atoms with Crippen molar-refractivity contribution in [3.63, 3.8) is 0 Å². The van der Waals surface area contributed by atoms with Crippen LogP contribution < -0.4 is 5.73 Å². The van der Waals surface area contributed by atoms with Crippen LogP contribution in [-0.4, -0.2) is 49.3 Å². The van der Waals surface area contributed by atoms with Crippen molar-refractivity contribution in [3.8, 4) is 0 Å². The second-order valence-electron chi connectivity index (χ2n) is 3.15. The molecule has 13 heavy (non-hydrogen) atoms. The molecule has 0 bridgehead atoms. The zero-order chi connectivity index (χ0) is 10.3. The highest BCUT2D eigenvalue weighted by molar-refractivity contribution is 5.79. The van der Waals surface area contributed by atoms with Crippen LogP contribution in [0.5, 0.6) is 0 Å². The fourth-order valence-electron chi connectivity index (χ4n) is 0.960. The monoisotopic (exact) mass is 189 g/mol. The van der Waals surface area contributed by atoms with Crippen molar-refractivity contribution in [2.24, 2.45) is 10.9 Å². The van der Waals surface area contributed by atoms with Crippen LogP contribution in [0.3, 0.4) is 0 Å². The Morgan fingerprint density at radius 3 is 2.77 bits per heavy atom. The van der Waals surface area contributed by atoms with Gasteiger partial charge in [-0.05, 0) is 14.0 Å². The van der Waals surface area contributed by atoms with Gasteiger partial charge < -0.3 is 20.6 Å². The van der Waals surface area contributed by atoms with Crippen LogP contribution in [0.2, 0.25) is 0 Å². The maximum absolute atomic E-state index is 8.30. The fourth-order valence-corrected chi connectivity index (χ4v) is 0.960. The molecule has 0 aromatic carbocycles. The van der Waals surface area contributed by atoms with Crippen molar-refractivity contribution in [3.05, 3.63) is 0 Å². The standard InChI is InChI=1S/C8H19N3O2/c1-7(13-3)6-11(2)5-4-8(9)10-12/h7,12H,4-6H2,1-3H3,(H2,9,10). The Labute approximate surface area is 79.2 Å². The van der Waals surface area contributed by atoms with E-state index in [4.69, 9.17) is 15.7 Å². The lowest BCUT2D eigenvalue weighted by Gasteiger charge is -2.19. The summed E-state index contributed by atoms with van der Waals surface area (Å²) < 4.78 is 5.10. The van der Waals surface area contributed by atoms with Crippen molar-refractivity contribution < 1.29 is 9.94 Å². The summed E-state index contributed by atoms with van der Waals surface area (Å²) in [6, 6.07) is 0. The van der Waals surface area contributed by atoms with E-state index in [1.807, 2.05) is 14.0 Å². The maximum Gasteiger partial charge on any atom is 0.140 e. The molecule has 0 fully saturated rings. The third-order valence-electron chi connectivity index (χ3n) is 1.85. The number of hydrogen-bond donors (Lipinski definition) is 2. The largest absolute Gasteiger partial charge is 0.409 e. The first-order valence-electron chi connectivity index (χ1n) is 4.28. The summed E-state index contributed by atoms with van der Waals surface area (Å²) in [6.07, 6.45) is 0.779. The Bertz CT molecular complexity index is 161. The van der Waals surface area contributed by atoms with Crippen molar-refractivity contribution in [1.82, 2.24) is 4.90 Å². The van der Waals surface area contributed by atoms with E-state index in [-0.39, 0.29) is 11.9 Å². The zero-order valence-electron chi connectivity index (χ0n) is 8.53. The van der Waals surface area contributed by atoms with Crippen molar-refractivity contribution >= 4 is 5.84 Å². The first-order valence-corrected chi connectivity index (χ1v) is 4.28. The van der Waals surface area contributed by atoms with Gasteiger partial charge in [-0.15, -0.1) is 0 Å². The van der Waals surface area contributed by atoms with Crippen LogP contribution in [0.1, 0.15) is 13.3 Å². The number of nitrogens with zero attached hydrogens (tertiary/aromatic N) is 2. The first kappa shape index (κ1) is 12.2. The van der Waals surface area contributed by atoms with Crippen molar-refractivity contribution in [2.45, 2.75) is 19.4 Å². The number of rotatable bonds is 6. The van der Waals surface area contributed by atoms with Crippen LogP contribution >= 0.6 is 0 Å². The second-order valence-corrected chi connectivity index (χ2v) is 3.15. The number of amidine groups is 1. The Morgan fingerprint density at radius 1 is 1.69 bits per heavy atom. The molecule has 0 spiro atoms. The number of ether oxygens (including phenoxy) is 1. The average molecular weight is 189 g/mol. The predicted octanol–water partition coefficient (Wildman–Crippen LogP) is 0.0896. The van der Waals surface area contributed by atoms with Gasteiger partial charge in [0.25, 0.3) is 0 Å². The summed E-state index contributed by atoms with van der Waals surface area (Å²) in [4.78, 5) is 2.08. The average Bonchev–Trinajstić information content (AvgIpc) is 2.13. The van der Waals surface area contributed by atoms with Gasteiger partial charge in [0.2, 0.25) is 0 Å². The first-order chi connectivity index (χ1) is 6.10. The van der Waals surface area contributed by atoms with E-state index in [1.165, 1.54) is 0 Å². The van der Waals surface area contributed by atoms with Gasteiger partial charge in [-0.25, -0.2) is 0 Å². The third-order valence-corrected chi connectivity index (χ3v) is 1.85. The molecule has 0 saturated heterocycles. The molecular formula is C8H19N3O2. The summed E-state index contributed by atoms with van der Waals surface area (Å²) in [7, 11) is 3.65. The van der Waals surface area contributed by atoms with E-state index < -0.39 is 0 Å². The minimum atomic E-state index is 0.206. The predicted molar refractivity (Wildman–Crippen MR) is 52.0 cm³/mol. The van der Waals surface area contributed by atoms with Gasteiger partial charge >= 0.3 is 0 Å². The molecule has 0 aromatic rings. The topological polar surface area (TPSA) is 71.1 Å². The molecule has 3 N–H and O–H groups in total. The molecule has 5 heteroatoms. The van der Waals surface area contributed by atoms with Crippen LogP contribution in [0, 0.1) is 0 Å². The summed E-state index contributed by atoms with van der Waals surface area (Å²) in [5.74, 6) is 0.261.